The maximum Gasteiger partial charge on any atom is 0.298 e. The number of aromatic nitrogens is 1. The van der Waals surface area contributed by atoms with Gasteiger partial charge in [-0.05, 0) is 17.7 Å². The van der Waals surface area contributed by atoms with E-state index in [4.69, 9.17) is 8.60 Å². The third kappa shape index (κ3) is 3.93. The average Bonchev–Trinajstić information content (AvgIpc) is 2.98. The molecule has 0 N–H and O–H groups in total. The molecule has 24 heavy (non-hydrogen) atoms. The molecular weight excluding hydrogens is 328 g/mol. The zero-order chi connectivity index (χ0) is 17.2. The molecule has 0 aliphatic carbocycles. The van der Waals surface area contributed by atoms with Gasteiger partial charge in [0.15, 0.2) is 5.58 Å². The van der Waals surface area contributed by atoms with Gasteiger partial charge in [-0.2, -0.15) is 13.4 Å². The monoisotopic (exact) mass is 346 g/mol. The zero-order valence-corrected chi connectivity index (χ0v) is 14.2. The first-order chi connectivity index (χ1) is 11.4. The molecule has 0 fully saturated rings. The minimum absolute atomic E-state index is 0.282. The molecule has 0 saturated carbocycles. The van der Waals surface area contributed by atoms with E-state index in [-0.39, 0.29) is 6.54 Å². The quantitative estimate of drug-likeness (QED) is 0.639. The maximum atomic E-state index is 11.6. The first-order valence-corrected chi connectivity index (χ1v) is 9.24. The van der Waals surface area contributed by atoms with Crippen molar-refractivity contribution < 1.29 is 17.0 Å². The van der Waals surface area contributed by atoms with Gasteiger partial charge in [0.05, 0.1) is 12.8 Å². The number of rotatable bonds is 6. The van der Waals surface area contributed by atoms with Crippen molar-refractivity contribution in [2.45, 2.75) is 6.10 Å². The zero-order valence-electron chi connectivity index (χ0n) is 13.4. The van der Waals surface area contributed by atoms with E-state index in [2.05, 4.69) is 4.98 Å². The maximum absolute atomic E-state index is 11.6. The summed E-state index contributed by atoms with van der Waals surface area (Å²) < 4.78 is 34.1. The van der Waals surface area contributed by atoms with E-state index >= 15 is 0 Å². The molecule has 0 aliphatic heterocycles. The Morgan fingerprint density at radius 2 is 1.79 bits per heavy atom. The van der Waals surface area contributed by atoms with Gasteiger partial charge >= 0.3 is 0 Å². The lowest BCUT2D eigenvalue weighted by Gasteiger charge is -2.22. The highest BCUT2D eigenvalue weighted by Gasteiger charge is 2.22. The van der Waals surface area contributed by atoms with Crippen LogP contribution in [0.4, 0.5) is 6.01 Å². The van der Waals surface area contributed by atoms with Crippen LogP contribution < -0.4 is 4.90 Å². The molecule has 1 atom stereocenters. The fraction of sp³-hybridized carbons (Fsp3) is 0.235. The third-order valence-corrected chi connectivity index (χ3v) is 4.09. The summed E-state index contributed by atoms with van der Waals surface area (Å²) in [6.07, 6.45) is 0.392. The average molecular weight is 346 g/mol. The summed E-state index contributed by atoms with van der Waals surface area (Å²) in [7, 11) is -1.82. The molecule has 7 heteroatoms. The van der Waals surface area contributed by atoms with Crippen molar-refractivity contribution in [3.05, 3.63) is 60.2 Å². The number of hydrogen-bond donors (Lipinski definition) is 0. The van der Waals surface area contributed by atoms with Crippen LogP contribution in [0, 0.1) is 0 Å². The lowest BCUT2D eigenvalue weighted by atomic mass is 10.1. The molecule has 1 aromatic heterocycles. The van der Waals surface area contributed by atoms with Crippen molar-refractivity contribution in [1.29, 1.82) is 0 Å². The molecule has 0 amide bonds. The summed E-state index contributed by atoms with van der Waals surface area (Å²) in [5.41, 5.74) is 2.20. The molecule has 1 heterocycles. The van der Waals surface area contributed by atoms with E-state index in [0.717, 1.165) is 17.3 Å². The number of benzene rings is 2. The Bertz CT molecular complexity index is 889. The number of anilines is 1. The van der Waals surface area contributed by atoms with E-state index in [9.17, 15) is 8.42 Å². The summed E-state index contributed by atoms with van der Waals surface area (Å²) in [5.74, 6) is 0. The Hall–Kier alpha value is -2.38. The van der Waals surface area contributed by atoms with Gasteiger partial charge in [0.2, 0.25) is 0 Å². The normalized spacial score (nSPS) is 13.1. The first-order valence-electron chi connectivity index (χ1n) is 7.42. The number of para-hydroxylation sites is 2. The molecule has 0 bridgehead atoms. The van der Waals surface area contributed by atoms with Crippen LogP contribution in [0.5, 0.6) is 0 Å². The number of likely N-dealkylation sites (N-methyl/N-ethyl adjacent to an activating group) is 1. The Morgan fingerprint density at radius 3 is 2.46 bits per heavy atom. The van der Waals surface area contributed by atoms with Gasteiger partial charge in [-0.3, -0.25) is 4.18 Å². The Labute approximate surface area is 140 Å². The van der Waals surface area contributed by atoms with Gasteiger partial charge in [0, 0.05) is 7.05 Å². The second-order valence-corrected chi connectivity index (χ2v) is 7.15. The smallest absolute Gasteiger partial charge is 0.298 e. The molecule has 3 rings (SSSR count). The molecule has 0 aliphatic rings. The summed E-state index contributed by atoms with van der Waals surface area (Å²) in [6.45, 7) is 0.282. The predicted octanol–water partition coefficient (Wildman–Crippen LogP) is 2.98. The van der Waals surface area contributed by atoms with Crippen LogP contribution in [0.15, 0.2) is 59.0 Å². The first kappa shape index (κ1) is 16.5. The van der Waals surface area contributed by atoms with E-state index in [1.807, 2.05) is 54.6 Å². The minimum Gasteiger partial charge on any atom is -0.423 e. The van der Waals surface area contributed by atoms with E-state index in [1.165, 1.54) is 0 Å². The molecule has 1 unspecified atom stereocenters. The number of hydrogen-bond acceptors (Lipinski definition) is 6. The van der Waals surface area contributed by atoms with Crippen LogP contribution in [0.25, 0.3) is 11.1 Å². The molecule has 2 aromatic carbocycles. The van der Waals surface area contributed by atoms with Gasteiger partial charge in [0.25, 0.3) is 16.1 Å². The van der Waals surface area contributed by atoms with Crippen molar-refractivity contribution in [2.75, 3.05) is 24.7 Å². The van der Waals surface area contributed by atoms with Crippen molar-refractivity contribution in [2.24, 2.45) is 0 Å². The lowest BCUT2D eigenvalue weighted by Crippen LogP contribution is -2.27. The fourth-order valence-electron chi connectivity index (χ4n) is 2.42. The highest BCUT2D eigenvalue weighted by Crippen LogP contribution is 2.25. The lowest BCUT2D eigenvalue weighted by molar-refractivity contribution is 0.220. The van der Waals surface area contributed by atoms with Gasteiger partial charge in [-0.1, -0.05) is 42.5 Å². The van der Waals surface area contributed by atoms with Crippen molar-refractivity contribution in [1.82, 2.24) is 4.98 Å². The van der Waals surface area contributed by atoms with Gasteiger partial charge < -0.3 is 9.32 Å². The largest absolute Gasteiger partial charge is 0.423 e. The van der Waals surface area contributed by atoms with Gasteiger partial charge in [-0.25, -0.2) is 0 Å². The Morgan fingerprint density at radius 1 is 1.12 bits per heavy atom. The van der Waals surface area contributed by atoms with E-state index in [1.54, 1.807) is 11.9 Å². The van der Waals surface area contributed by atoms with Crippen molar-refractivity contribution in [3.63, 3.8) is 0 Å². The summed E-state index contributed by atoms with van der Waals surface area (Å²) in [4.78, 5) is 6.15. The summed E-state index contributed by atoms with van der Waals surface area (Å²) in [5, 5.41) is 0. The van der Waals surface area contributed by atoms with Gasteiger partial charge in [0.1, 0.15) is 11.6 Å². The van der Waals surface area contributed by atoms with Crippen molar-refractivity contribution >= 4 is 27.2 Å². The molecule has 3 aromatic rings. The highest BCUT2D eigenvalue weighted by molar-refractivity contribution is 7.86. The van der Waals surface area contributed by atoms with Crippen LogP contribution in [0.1, 0.15) is 11.7 Å². The molecule has 0 spiro atoms. The molecule has 126 valence electrons. The van der Waals surface area contributed by atoms with Crippen LogP contribution >= 0.6 is 0 Å². The van der Waals surface area contributed by atoms with Crippen molar-refractivity contribution in [3.8, 4) is 0 Å². The SMILES string of the molecule is CN(CC(OS(C)(=O)=O)c1ccccc1)c1nc2ccccc2o1. The number of fused-ring (bicyclic) bond motifs is 1. The van der Waals surface area contributed by atoms with Crippen LogP contribution in [-0.2, 0) is 14.3 Å². The molecule has 6 nitrogen and oxygen atoms in total. The Balaban J connectivity index is 1.86. The minimum atomic E-state index is -3.60. The highest BCUT2D eigenvalue weighted by atomic mass is 32.2. The van der Waals surface area contributed by atoms with Gasteiger partial charge in [-0.15, -0.1) is 0 Å². The topological polar surface area (TPSA) is 72.6 Å². The summed E-state index contributed by atoms with van der Waals surface area (Å²) >= 11 is 0. The summed E-state index contributed by atoms with van der Waals surface area (Å²) in [6, 6.07) is 17.1. The molecule has 0 saturated heterocycles. The fourth-order valence-corrected chi connectivity index (χ4v) is 3.01. The van der Waals surface area contributed by atoms with Crippen LogP contribution in [0.3, 0.4) is 0 Å². The number of nitrogens with zero attached hydrogens (tertiary/aromatic N) is 2. The van der Waals surface area contributed by atoms with E-state index < -0.39 is 16.2 Å². The number of oxazole rings is 1. The second-order valence-electron chi connectivity index (χ2n) is 5.54. The third-order valence-electron chi connectivity index (χ3n) is 3.51. The standard InChI is InChI=1S/C17H18N2O4S/c1-19(17-18-14-10-6-7-11-15(14)22-17)12-16(23-24(2,20)21)13-8-4-3-5-9-13/h3-11,16H,12H2,1-2H3. The molecular formula is C17H18N2O4S. The van der Waals surface area contributed by atoms with E-state index in [0.29, 0.717) is 11.6 Å². The molecule has 0 radical (unpaired) electrons. The predicted molar refractivity (Wildman–Crippen MR) is 92.4 cm³/mol. The Kier molecular flexibility index (Phi) is 4.55. The van der Waals surface area contributed by atoms with Crippen LogP contribution in [0.2, 0.25) is 0 Å². The second kappa shape index (κ2) is 6.62. The van der Waals surface area contributed by atoms with Crippen LogP contribution in [-0.4, -0.2) is 33.2 Å².